The zero-order valence-corrected chi connectivity index (χ0v) is 31.6. The highest BCUT2D eigenvalue weighted by molar-refractivity contribution is 5.74. The molecule has 0 aliphatic heterocycles. The fourth-order valence-corrected chi connectivity index (χ4v) is 5.84. The predicted molar refractivity (Wildman–Crippen MR) is 194 cm³/mol. The van der Waals surface area contributed by atoms with Gasteiger partial charge >= 0.3 is 11.9 Å². The summed E-state index contributed by atoms with van der Waals surface area (Å²) in [6.45, 7) is 10.2. The van der Waals surface area contributed by atoms with Crippen LogP contribution >= 0.6 is 0 Å². The van der Waals surface area contributed by atoms with Gasteiger partial charge in [-0.15, -0.1) is 0 Å². The first-order valence-electron chi connectivity index (χ1n) is 19.8. The van der Waals surface area contributed by atoms with Crippen molar-refractivity contribution in [3.05, 3.63) is 0 Å². The van der Waals surface area contributed by atoms with E-state index >= 15 is 0 Å². The first kappa shape index (κ1) is 45.3. The Morgan fingerprint density at radius 2 is 1.02 bits per heavy atom. The lowest BCUT2D eigenvalue weighted by molar-refractivity contribution is -0.168. The summed E-state index contributed by atoms with van der Waals surface area (Å²) in [5.41, 5.74) is 0. The second-order valence-corrected chi connectivity index (χ2v) is 13.4. The van der Waals surface area contributed by atoms with E-state index in [0.29, 0.717) is 25.9 Å². The molecule has 0 radical (unpaired) electrons. The van der Waals surface area contributed by atoms with Crippen molar-refractivity contribution < 1.29 is 28.7 Å². The Morgan fingerprint density at radius 1 is 0.532 bits per heavy atom. The van der Waals surface area contributed by atoms with Gasteiger partial charge in [-0.2, -0.15) is 0 Å². The number of nitrogens with zero attached hydrogens (tertiary/aromatic N) is 2. The quantitative estimate of drug-likeness (QED) is 0.0377. The maximum absolute atomic E-state index is 12.4. The normalized spacial score (nSPS) is 12.0. The number of hydrogen-bond donors (Lipinski definition) is 0. The molecule has 0 heterocycles. The van der Waals surface area contributed by atoms with Gasteiger partial charge in [0, 0.05) is 26.3 Å². The van der Waals surface area contributed by atoms with Gasteiger partial charge in [-0.3, -0.25) is 19.2 Å². The number of hydrogen-bond acceptors (Lipinski definition) is 7. The molecule has 278 valence electrons. The molecule has 0 spiro atoms. The van der Waals surface area contributed by atoms with E-state index in [4.69, 9.17) is 14.3 Å². The van der Waals surface area contributed by atoms with Gasteiger partial charge in [0.1, 0.15) is 6.10 Å². The molecule has 0 aliphatic carbocycles. The Labute approximate surface area is 290 Å². The number of rotatable bonds is 35. The van der Waals surface area contributed by atoms with E-state index in [1.165, 1.54) is 44.3 Å². The maximum atomic E-state index is 12.4. The average Bonchev–Trinajstić information content (AvgIpc) is 3.06. The SMILES string of the molecule is CCCCCCCOC(=O)CCCCCCCN(CCCCCCCC(=O)OC(CCCC)CCCCC)CCCC(=O)N(C)OC. The molecule has 1 atom stereocenters. The van der Waals surface area contributed by atoms with Gasteiger partial charge in [-0.1, -0.05) is 111 Å². The third-order valence-electron chi connectivity index (χ3n) is 9.02. The maximum Gasteiger partial charge on any atom is 0.306 e. The van der Waals surface area contributed by atoms with Gasteiger partial charge in [0.05, 0.1) is 13.7 Å². The standard InChI is InChI=1S/C39H76N2O6/c1-6-9-12-19-25-35-46-38(43)30-21-15-13-17-23-32-41(34-26-29-37(42)40(4)45-5)33-24-18-14-16-22-31-39(44)47-36(27-11-8-3)28-20-10-7-2/h36H,6-35H2,1-5H3. The Morgan fingerprint density at radius 3 is 1.64 bits per heavy atom. The smallest absolute Gasteiger partial charge is 0.306 e. The third-order valence-corrected chi connectivity index (χ3v) is 9.02. The van der Waals surface area contributed by atoms with E-state index in [9.17, 15) is 14.4 Å². The molecule has 0 aromatic rings. The van der Waals surface area contributed by atoms with Gasteiger partial charge in [-0.05, 0) is 77.4 Å². The van der Waals surface area contributed by atoms with Crippen LogP contribution < -0.4 is 0 Å². The van der Waals surface area contributed by atoms with Crippen molar-refractivity contribution in [2.45, 2.75) is 194 Å². The van der Waals surface area contributed by atoms with Gasteiger partial charge in [-0.25, -0.2) is 5.06 Å². The van der Waals surface area contributed by atoms with E-state index in [1.807, 2.05) is 0 Å². The topological polar surface area (TPSA) is 85.4 Å². The molecule has 0 fully saturated rings. The molecule has 0 bridgehead atoms. The molecule has 0 rings (SSSR count). The van der Waals surface area contributed by atoms with Gasteiger partial charge in [0.2, 0.25) is 5.91 Å². The molecular weight excluding hydrogens is 592 g/mol. The molecule has 8 heteroatoms. The van der Waals surface area contributed by atoms with Crippen molar-refractivity contribution in [1.29, 1.82) is 0 Å². The summed E-state index contributed by atoms with van der Waals surface area (Å²) >= 11 is 0. The predicted octanol–water partition coefficient (Wildman–Crippen LogP) is 9.97. The van der Waals surface area contributed by atoms with Crippen LogP contribution in [0.3, 0.4) is 0 Å². The molecule has 0 saturated heterocycles. The van der Waals surface area contributed by atoms with E-state index in [2.05, 4.69) is 25.7 Å². The number of ether oxygens (including phenoxy) is 2. The molecule has 0 aromatic carbocycles. The van der Waals surface area contributed by atoms with Crippen LogP contribution in [0.2, 0.25) is 0 Å². The zero-order valence-electron chi connectivity index (χ0n) is 31.6. The highest BCUT2D eigenvalue weighted by atomic mass is 16.7. The molecular formula is C39H76N2O6. The largest absolute Gasteiger partial charge is 0.466 e. The number of amides is 1. The van der Waals surface area contributed by atoms with Crippen LogP contribution in [0, 0.1) is 0 Å². The minimum atomic E-state index is -0.0471. The summed E-state index contributed by atoms with van der Waals surface area (Å²) in [4.78, 5) is 44.1. The number of carbonyl (C=O) groups excluding carboxylic acids is 3. The molecule has 0 aliphatic rings. The van der Waals surface area contributed by atoms with Crippen LogP contribution in [-0.4, -0.2) is 74.3 Å². The van der Waals surface area contributed by atoms with Crippen LogP contribution in [0.5, 0.6) is 0 Å². The minimum Gasteiger partial charge on any atom is -0.466 e. The lowest BCUT2D eigenvalue weighted by atomic mass is 10.1. The number of esters is 2. The summed E-state index contributed by atoms with van der Waals surface area (Å²) in [5.74, 6) is -0.0525. The first-order chi connectivity index (χ1) is 22.9. The van der Waals surface area contributed by atoms with E-state index in [0.717, 1.165) is 135 Å². The highest BCUT2D eigenvalue weighted by Crippen LogP contribution is 2.16. The highest BCUT2D eigenvalue weighted by Gasteiger charge is 2.14. The van der Waals surface area contributed by atoms with Crippen LogP contribution in [0.15, 0.2) is 0 Å². The Balaban J connectivity index is 4.25. The van der Waals surface area contributed by atoms with Gasteiger partial charge < -0.3 is 14.4 Å². The van der Waals surface area contributed by atoms with Crippen LogP contribution in [0.25, 0.3) is 0 Å². The van der Waals surface area contributed by atoms with Crippen molar-refractivity contribution in [3.8, 4) is 0 Å². The number of hydroxylamine groups is 2. The Bertz CT molecular complexity index is 734. The fraction of sp³-hybridized carbons (Fsp3) is 0.923. The lowest BCUT2D eigenvalue weighted by Gasteiger charge is -2.23. The molecule has 47 heavy (non-hydrogen) atoms. The summed E-state index contributed by atoms with van der Waals surface area (Å²) in [6, 6.07) is 0. The molecule has 1 amide bonds. The summed E-state index contributed by atoms with van der Waals surface area (Å²) < 4.78 is 11.2. The van der Waals surface area contributed by atoms with E-state index in [1.54, 1.807) is 7.05 Å². The third kappa shape index (κ3) is 30.1. The lowest BCUT2D eigenvalue weighted by Crippen LogP contribution is -2.30. The Kier molecular flexibility index (Phi) is 33.0. The molecule has 0 aromatic heterocycles. The average molecular weight is 669 g/mol. The second kappa shape index (κ2) is 34.2. The van der Waals surface area contributed by atoms with Crippen molar-refractivity contribution in [2.75, 3.05) is 40.4 Å². The van der Waals surface area contributed by atoms with Gasteiger partial charge in [0.15, 0.2) is 0 Å². The van der Waals surface area contributed by atoms with E-state index in [-0.39, 0.29) is 23.9 Å². The summed E-state index contributed by atoms with van der Waals surface area (Å²) in [5, 5.41) is 1.31. The van der Waals surface area contributed by atoms with Crippen molar-refractivity contribution in [2.24, 2.45) is 0 Å². The monoisotopic (exact) mass is 669 g/mol. The first-order valence-corrected chi connectivity index (χ1v) is 19.8. The van der Waals surface area contributed by atoms with Crippen molar-refractivity contribution in [1.82, 2.24) is 9.96 Å². The fourth-order valence-electron chi connectivity index (χ4n) is 5.84. The van der Waals surface area contributed by atoms with E-state index < -0.39 is 0 Å². The van der Waals surface area contributed by atoms with Crippen LogP contribution in [-0.2, 0) is 28.7 Å². The zero-order chi connectivity index (χ0) is 34.8. The van der Waals surface area contributed by atoms with Crippen molar-refractivity contribution >= 4 is 17.8 Å². The summed E-state index contributed by atoms with van der Waals surface area (Å²) in [6.07, 6.45) is 26.9. The molecule has 0 N–H and O–H groups in total. The minimum absolute atomic E-state index is 0.0126. The number of carbonyl (C=O) groups is 3. The van der Waals surface area contributed by atoms with Gasteiger partial charge in [0.25, 0.3) is 0 Å². The molecule has 0 saturated carbocycles. The Hall–Kier alpha value is -1.67. The number of unbranched alkanes of at least 4 members (excludes halogenated alkanes) is 15. The molecule has 8 nitrogen and oxygen atoms in total. The molecule has 1 unspecified atom stereocenters. The summed E-state index contributed by atoms with van der Waals surface area (Å²) in [7, 11) is 3.18. The van der Waals surface area contributed by atoms with Crippen LogP contribution in [0.4, 0.5) is 0 Å². The van der Waals surface area contributed by atoms with Crippen LogP contribution in [0.1, 0.15) is 188 Å². The van der Waals surface area contributed by atoms with Crippen molar-refractivity contribution in [3.63, 3.8) is 0 Å². The second-order valence-electron chi connectivity index (χ2n) is 13.4.